The van der Waals surface area contributed by atoms with Crippen molar-refractivity contribution in [3.05, 3.63) is 29.3 Å². The molecule has 0 spiro atoms. The lowest BCUT2D eigenvalue weighted by Gasteiger charge is -2.50. The van der Waals surface area contributed by atoms with Gasteiger partial charge in [-0.25, -0.2) is 0 Å². The van der Waals surface area contributed by atoms with E-state index in [-0.39, 0.29) is 11.5 Å². The number of aliphatic hydroxyl groups excluding tert-OH is 1. The van der Waals surface area contributed by atoms with E-state index in [0.29, 0.717) is 18.6 Å². The zero-order chi connectivity index (χ0) is 16.0. The summed E-state index contributed by atoms with van der Waals surface area (Å²) in [5.74, 6) is 3.05. The fraction of sp³-hybridized carbons (Fsp3) is 0.700. The lowest BCUT2D eigenvalue weighted by molar-refractivity contribution is -0.0226. The smallest absolute Gasteiger partial charge is 0.188 e. The van der Waals surface area contributed by atoms with Gasteiger partial charge >= 0.3 is 0 Å². The number of rotatable bonds is 3. The number of fused-ring (bicyclic) bond motifs is 5. The summed E-state index contributed by atoms with van der Waals surface area (Å²) >= 11 is 0. The van der Waals surface area contributed by atoms with Gasteiger partial charge < -0.3 is 14.6 Å². The average molecular weight is 316 g/mol. The molecule has 5 atom stereocenters. The fourth-order valence-corrected chi connectivity index (χ4v) is 5.75. The first-order valence-corrected chi connectivity index (χ1v) is 9.06. The van der Waals surface area contributed by atoms with Crippen LogP contribution in [0.5, 0.6) is 5.75 Å². The lowest BCUT2D eigenvalue weighted by atomic mass is 9.55. The quantitative estimate of drug-likeness (QED) is 0.860. The van der Waals surface area contributed by atoms with E-state index in [1.54, 1.807) is 7.11 Å². The molecule has 1 aromatic rings. The lowest BCUT2D eigenvalue weighted by Crippen LogP contribution is -2.43. The molecule has 4 rings (SSSR count). The standard InChI is InChI=1S/C20H28O3/c1-20-10-9-16-15-6-4-14(23-12-22-2)11-13(15)3-5-17(16)18(20)7-8-19(20)21/h4,6,11,16-19,21H,3,5,7-10,12H2,1-2H3/t16-,17-,18+,19-,20+/m1/s1. The minimum atomic E-state index is -0.0836. The van der Waals surface area contributed by atoms with Crippen molar-refractivity contribution in [3.8, 4) is 5.75 Å². The Morgan fingerprint density at radius 2 is 2.09 bits per heavy atom. The van der Waals surface area contributed by atoms with E-state index in [0.717, 1.165) is 24.5 Å². The molecule has 3 heteroatoms. The van der Waals surface area contributed by atoms with Crippen molar-refractivity contribution in [3.63, 3.8) is 0 Å². The Kier molecular flexibility index (Phi) is 3.89. The monoisotopic (exact) mass is 316 g/mol. The Balaban J connectivity index is 1.60. The highest BCUT2D eigenvalue weighted by molar-refractivity contribution is 5.40. The Morgan fingerprint density at radius 1 is 1.22 bits per heavy atom. The van der Waals surface area contributed by atoms with Gasteiger partial charge in [0.25, 0.3) is 0 Å². The molecule has 3 aliphatic rings. The van der Waals surface area contributed by atoms with Gasteiger partial charge in [-0.2, -0.15) is 0 Å². The normalized spacial score (nSPS) is 38.6. The van der Waals surface area contributed by atoms with E-state index >= 15 is 0 Å². The molecule has 3 nitrogen and oxygen atoms in total. The second kappa shape index (κ2) is 5.78. The third-order valence-corrected chi connectivity index (χ3v) is 6.99. The molecule has 0 bridgehead atoms. The van der Waals surface area contributed by atoms with Crippen molar-refractivity contribution in [1.82, 2.24) is 0 Å². The first kappa shape index (κ1) is 15.5. The van der Waals surface area contributed by atoms with Crippen LogP contribution in [0.25, 0.3) is 0 Å². The number of ether oxygens (including phenoxy) is 2. The topological polar surface area (TPSA) is 38.7 Å². The SMILES string of the molecule is COCOc1ccc2c(c1)CC[C@@H]1[C@@H]2CC[C@]2(C)[C@H](O)CC[C@@H]12. The average Bonchev–Trinajstić information content (AvgIpc) is 2.88. The zero-order valence-electron chi connectivity index (χ0n) is 14.3. The summed E-state index contributed by atoms with van der Waals surface area (Å²) in [6, 6.07) is 6.59. The largest absolute Gasteiger partial charge is 0.468 e. The summed E-state index contributed by atoms with van der Waals surface area (Å²) in [5.41, 5.74) is 3.16. The number of methoxy groups -OCH3 is 1. The highest BCUT2D eigenvalue weighted by Gasteiger charge is 2.54. The third kappa shape index (κ3) is 2.40. The number of benzene rings is 1. The maximum atomic E-state index is 10.5. The first-order valence-electron chi connectivity index (χ1n) is 9.06. The molecule has 2 fully saturated rings. The molecule has 0 radical (unpaired) electrons. The highest BCUT2D eigenvalue weighted by atomic mass is 16.7. The van der Waals surface area contributed by atoms with Crippen LogP contribution in [0.1, 0.15) is 56.1 Å². The molecule has 3 aliphatic carbocycles. The Bertz CT molecular complexity index is 584. The van der Waals surface area contributed by atoms with Gasteiger partial charge in [0.2, 0.25) is 0 Å². The van der Waals surface area contributed by atoms with Crippen LogP contribution in [0.15, 0.2) is 18.2 Å². The second-order valence-electron chi connectivity index (χ2n) is 7.96. The van der Waals surface area contributed by atoms with Crippen molar-refractivity contribution in [2.45, 2.75) is 57.5 Å². The van der Waals surface area contributed by atoms with Crippen LogP contribution in [0.2, 0.25) is 0 Å². The second-order valence-corrected chi connectivity index (χ2v) is 7.96. The van der Waals surface area contributed by atoms with Crippen LogP contribution in [-0.2, 0) is 11.2 Å². The molecule has 2 saturated carbocycles. The van der Waals surface area contributed by atoms with E-state index in [1.807, 2.05) is 0 Å². The molecule has 0 amide bonds. The number of aliphatic hydroxyl groups is 1. The fourth-order valence-electron chi connectivity index (χ4n) is 5.75. The molecular weight excluding hydrogens is 288 g/mol. The van der Waals surface area contributed by atoms with Crippen molar-refractivity contribution in [1.29, 1.82) is 0 Å². The molecule has 0 aliphatic heterocycles. The predicted molar refractivity (Wildman–Crippen MR) is 89.6 cm³/mol. The maximum absolute atomic E-state index is 10.5. The Hall–Kier alpha value is -1.06. The molecular formula is C20H28O3. The molecule has 0 saturated heterocycles. The van der Waals surface area contributed by atoms with Crippen LogP contribution in [-0.4, -0.2) is 25.1 Å². The van der Waals surface area contributed by atoms with Crippen LogP contribution >= 0.6 is 0 Å². The summed E-state index contributed by atoms with van der Waals surface area (Å²) < 4.78 is 10.6. The Morgan fingerprint density at radius 3 is 2.91 bits per heavy atom. The summed E-state index contributed by atoms with van der Waals surface area (Å²) in [5, 5.41) is 10.5. The maximum Gasteiger partial charge on any atom is 0.188 e. The van der Waals surface area contributed by atoms with E-state index in [4.69, 9.17) is 9.47 Å². The van der Waals surface area contributed by atoms with Gasteiger partial charge in [-0.15, -0.1) is 0 Å². The number of hydrogen-bond donors (Lipinski definition) is 1. The van der Waals surface area contributed by atoms with Gasteiger partial charge in [-0.3, -0.25) is 0 Å². The summed E-state index contributed by atoms with van der Waals surface area (Å²) in [7, 11) is 1.65. The van der Waals surface area contributed by atoms with Crippen molar-refractivity contribution in [2.24, 2.45) is 17.3 Å². The minimum absolute atomic E-state index is 0.0836. The predicted octanol–water partition coefficient (Wildman–Crippen LogP) is 3.89. The van der Waals surface area contributed by atoms with Crippen LogP contribution in [0.3, 0.4) is 0 Å². The van der Waals surface area contributed by atoms with Gasteiger partial charge in [0.15, 0.2) is 6.79 Å². The zero-order valence-corrected chi connectivity index (χ0v) is 14.3. The van der Waals surface area contributed by atoms with Crippen molar-refractivity contribution < 1.29 is 14.6 Å². The number of aryl methyl sites for hydroxylation is 1. The molecule has 0 heterocycles. The van der Waals surface area contributed by atoms with Gasteiger partial charge in [0.1, 0.15) is 5.75 Å². The first-order chi connectivity index (χ1) is 11.1. The van der Waals surface area contributed by atoms with Gasteiger partial charge in [0, 0.05) is 7.11 Å². The van der Waals surface area contributed by atoms with Crippen LogP contribution in [0.4, 0.5) is 0 Å². The molecule has 1 aromatic carbocycles. The molecule has 1 N–H and O–H groups in total. The van der Waals surface area contributed by atoms with Crippen LogP contribution < -0.4 is 4.74 Å². The third-order valence-electron chi connectivity index (χ3n) is 6.99. The Labute approximate surface area is 139 Å². The van der Waals surface area contributed by atoms with E-state index in [1.165, 1.54) is 36.8 Å². The molecule has 0 aromatic heterocycles. The van der Waals surface area contributed by atoms with E-state index < -0.39 is 0 Å². The molecule has 126 valence electrons. The summed E-state index contributed by atoms with van der Waals surface area (Å²) in [6.07, 6.45) is 6.92. The van der Waals surface area contributed by atoms with Gasteiger partial charge in [-0.1, -0.05) is 13.0 Å². The molecule has 0 unspecified atom stereocenters. The minimum Gasteiger partial charge on any atom is -0.468 e. The van der Waals surface area contributed by atoms with Crippen LogP contribution in [0, 0.1) is 17.3 Å². The van der Waals surface area contributed by atoms with Gasteiger partial charge in [-0.05, 0) is 85.0 Å². The highest BCUT2D eigenvalue weighted by Crippen LogP contribution is 2.60. The van der Waals surface area contributed by atoms with E-state index in [9.17, 15) is 5.11 Å². The van der Waals surface area contributed by atoms with E-state index in [2.05, 4.69) is 25.1 Å². The molecule has 23 heavy (non-hydrogen) atoms. The number of hydrogen-bond acceptors (Lipinski definition) is 3. The summed E-state index contributed by atoms with van der Waals surface area (Å²) in [4.78, 5) is 0. The van der Waals surface area contributed by atoms with Gasteiger partial charge in [0.05, 0.1) is 6.10 Å². The van der Waals surface area contributed by atoms with Crippen molar-refractivity contribution >= 4 is 0 Å². The van der Waals surface area contributed by atoms with Crippen molar-refractivity contribution in [2.75, 3.05) is 13.9 Å². The summed E-state index contributed by atoms with van der Waals surface area (Å²) in [6.45, 7) is 2.64.